The topological polar surface area (TPSA) is 58.6 Å². The lowest BCUT2D eigenvalue weighted by atomic mass is 9.55. The Morgan fingerprint density at radius 3 is 2.01 bits per heavy atom. The van der Waals surface area contributed by atoms with Crippen LogP contribution in [0.4, 0.5) is 57.1 Å². The van der Waals surface area contributed by atoms with Crippen LogP contribution in [0.1, 0.15) is 126 Å². The van der Waals surface area contributed by atoms with Crippen molar-refractivity contribution in [3.63, 3.8) is 0 Å². The maximum Gasteiger partial charge on any atom is 0.435 e. The number of ether oxygens (including phenoxy) is 6. The minimum atomic E-state index is -6.80. The van der Waals surface area contributed by atoms with Crippen LogP contribution in [0.2, 0.25) is 0 Å². The molecule has 6 rings (SSSR count). The highest BCUT2D eigenvalue weighted by molar-refractivity contribution is 8.76. The van der Waals surface area contributed by atoms with Gasteiger partial charge in [0.15, 0.2) is 29.1 Å². The fourth-order valence-electron chi connectivity index (χ4n) is 11.2. The van der Waals surface area contributed by atoms with Crippen LogP contribution < -0.4 is 4.74 Å². The number of fused-ring (bicyclic) bond motifs is 5. The number of hydrogen-bond acceptors (Lipinski definition) is 9. The number of nitrogens with zero attached hydrogens (tertiary/aromatic N) is 1. The van der Waals surface area contributed by atoms with E-state index in [1.807, 2.05) is 26.8 Å². The van der Waals surface area contributed by atoms with Crippen LogP contribution in [-0.2, 0) is 43.3 Å². The molecule has 1 aliphatic heterocycles. The number of aryl methyl sites for hydroxylation is 1. The van der Waals surface area contributed by atoms with E-state index < -0.39 is 102 Å². The summed E-state index contributed by atoms with van der Waals surface area (Å²) >= 11 is 0. The number of unbranched alkanes of at least 4 members (excludes halogenated alkanes) is 3. The van der Waals surface area contributed by atoms with E-state index >= 15 is 17.6 Å². The van der Waals surface area contributed by atoms with Gasteiger partial charge in [-0.25, -0.2) is 17.6 Å². The first-order valence-corrected chi connectivity index (χ1v) is 27.6. The molecule has 0 amide bonds. The molecule has 2 saturated carbocycles. The van der Waals surface area contributed by atoms with Gasteiger partial charge in [0.25, 0.3) is 0 Å². The van der Waals surface area contributed by atoms with E-state index in [4.69, 9.17) is 23.7 Å². The third-order valence-corrected chi connectivity index (χ3v) is 17.6. The molecule has 22 heteroatoms. The molecule has 0 bridgehead atoms. The lowest BCUT2D eigenvalue weighted by molar-refractivity contribution is -0.457. The average Bonchev–Trinajstić information content (AvgIpc) is 3.65. The number of rotatable bonds is 26. The second-order valence-electron chi connectivity index (χ2n) is 20.6. The first kappa shape index (κ1) is 60.0. The molecule has 416 valence electrons. The molecule has 5 atom stereocenters. The zero-order valence-corrected chi connectivity index (χ0v) is 43.3. The summed E-state index contributed by atoms with van der Waals surface area (Å²) in [5.41, 5.74) is -6.29. The van der Waals surface area contributed by atoms with Crippen LogP contribution >= 0.6 is 21.6 Å². The Bertz CT molecular complexity index is 2020. The predicted molar refractivity (Wildman–Crippen MR) is 252 cm³/mol. The minimum absolute atomic E-state index is 0.116. The van der Waals surface area contributed by atoms with E-state index in [2.05, 4.69) is 4.74 Å². The molecule has 3 fully saturated rings. The third kappa shape index (κ3) is 14.5. The summed E-state index contributed by atoms with van der Waals surface area (Å²) in [4.78, 5) is 1.63. The molecule has 73 heavy (non-hydrogen) atoms. The van der Waals surface area contributed by atoms with Crippen LogP contribution in [-0.4, -0.2) is 106 Å². The molecule has 7 nitrogen and oxygen atoms in total. The summed E-state index contributed by atoms with van der Waals surface area (Å²) in [7, 11) is 5.22. The van der Waals surface area contributed by atoms with Gasteiger partial charge in [-0.3, -0.25) is 0 Å². The number of benzene rings is 2. The Morgan fingerprint density at radius 1 is 0.699 bits per heavy atom. The molecular formula is C51H68F13NO6S2. The SMILES string of the molecule is CN(CCCCCCSSCCOCCCC1COC(C)(C)OC1)Cc1c(F)c(F)c(COc2ccc3c(c2)CC[C@@H]2[C@@H]3CC[C@]3(C)[C@@H](OCCCOC(C(F)(F)F)(C(F)(F)F)C(F)(F)F)CC[C@@H]23)c(F)c1F. The standard InChI is InChI=1S/C51H68F13NO6S2/c1-46(2)70-29-32(30-71-46)11-9-21-66-24-26-73-72-25-8-6-5-7-20-65(4)28-38-42(52)44(54)39(45(55)43(38)53)31-68-34-13-15-35-33(27-34)12-14-37-36(35)18-19-47(3)40(37)16-17-41(47)67-22-10-23-69-48(49(56,57)58,50(59,60)61)51(62,63)64/h13,15,27,32,36-37,40-41H,5-12,14,16-26,28-31H2,1-4H3/t36-,37-,40+,41+,47+/m1/s1. The third-order valence-electron chi connectivity index (χ3n) is 15.1. The van der Waals surface area contributed by atoms with Gasteiger partial charge in [0, 0.05) is 42.7 Å². The second kappa shape index (κ2) is 25.5. The highest BCUT2D eigenvalue weighted by Gasteiger charge is 2.85. The molecule has 1 heterocycles. The Labute approximate surface area is 427 Å². The summed E-state index contributed by atoms with van der Waals surface area (Å²) in [6.45, 7) is 6.20. The smallest absolute Gasteiger partial charge is 0.435 e. The van der Waals surface area contributed by atoms with Crippen LogP contribution in [0.15, 0.2) is 18.2 Å². The largest absolute Gasteiger partial charge is 0.489 e. The van der Waals surface area contributed by atoms with E-state index in [0.29, 0.717) is 58.0 Å². The first-order chi connectivity index (χ1) is 34.3. The summed E-state index contributed by atoms with van der Waals surface area (Å²) < 4.78 is 213. The van der Waals surface area contributed by atoms with Crippen molar-refractivity contribution in [3.05, 3.63) is 63.7 Å². The minimum Gasteiger partial charge on any atom is -0.489 e. The molecule has 2 aromatic carbocycles. The summed E-state index contributed by atoms with van der Waals surface area (Å²) in [5.74, 6) is -3.46. The van der Waals surface area contributed by atoms with Crippen molar-refractivity contribution in [2.45, 2.75) is 159 Å². The van der Waals surface area contributed by atoms with Crippen molar-refractivity contribution in [2.75, 3.05) is 64.7 Å². The summed E-state index contributed by atoms with van der Waals surface area (Å²) in [5, 5.41) is 0. The summed E-state index contributed by atoms with van der Waals surface area (Å²) in [6.07, 6.45) is -11.9. The van der Waals surface area contributed by atoms with Crippen molar-refractivity contribution in [2.24, 2.45) is 23.2 Å². The highest BCUT2D eigenvalue weighted by Crippen LogP contribution is 2.62. The molecule has 0 unspecified atom stereocenters. The zero-order valence-electron chi connectivity index (χ0n) is 41.7. The first-order valence-electron chi connectivity index (χ1n) is 25.1. The van der Waals surface area contributed by atoms with Crippen LogP contribution in [0.25, 0.3) is 0 Å². The lowest BCUT2D eigenvalue weighted by Crippen LogP contribution is -2.67. The molecular weight excluding hydrogens is 1030 g/mol. The Kier molecular flexibility index (Phi) is 21.0. The number of halogens is 13. The van der Waals surface area contributed by atoms with Gasteiger partial charge < -0.3 is 33.3 Å². The van der Waals surface area contributed by atoms with Crippen LogP contribution in [0, 0.1) is 46.4 Å². The fraction of sp³-hybridized carbons (Fsp3) is 0.765. The Hall–Kier alpha value is -2.21. The molecule has 1 saturated heterocycles. The van der Waals surface area contributed by atoms with Gasteiger partial charge in [-0.15, -0.1) is 0 Å². The number of alkyl halides is 9. The van der Waals surface area contributed by atoms with Gasteiger partial charge in [-0.05, 0) is 144 Å². The maximum atomic E-state index is 15.4. The molecule has 2 aromatic rings. The normalized spacial score (nSPS) is 23.7. The van der Waals surface area contributed by atoms with Crippen LogP contribution in [0.3, 0.4) is 0 Å². The van der Waals surface area contributed by atoms with E-state index in [0.717, 1.165) is 80.6 Å². The number of hydrogen-bond donors (Lipinski definition) is 0. The molecule has 0 aromatic heterocycles. The monoisotopic (exact) mass is 1100 g/mol. The predicted octanol–water partition coefficient (Wildman–Crippen LogP) is 14.5. The van der Waals surface area contributed by atoms with Crippen molar-refractivity contribution in [3.8, 4) is 5.75 Å². The van der Waals surface area contributed by atoms with Gasteiger partial charge in [-0.1, -0.05) is 47.4 Å². The van der Waals surface area contributed by atoms with Gasteiger partial charge in [0.1, 0.15) is 12.4 Å². The molecule has 0 N–H and O–H groups in total. The van der Waals surface area contributed by atoms with Crippen molar-refractivity contribution in [1.82, 2.24) is 4.90 Å². The van der Waals surface area contributed by atoms with Crippen molar-refractivity contribution >= 4 is 21.6 Å². The lowest BCUT2D eigenvalue weighted by Gasteiger charge is -2.50. The van der Waals surface area contributed by atoms with Gasteiger partial charge in [0.2, 0.25) is 0 Å². The van der Waals surface area contributed by atoms with Gasteiger partial charge in [0.05, 0.1) is 38.1 Å². The summed E-state index contributed by atoms with van der Waals surface area (Å²) in [6, 6.07) is 5.26. The van der Waals surface area contributed by atoms with Gasteiger partial charge in [-0.2, -0.15) is 39.5 Å². The Balaban J connectivity index is 0.887. The highest BCUT2D eigenvalue weighted by atomic mass is 33.1. The van der Waals surface area contributed by atoms with E-state index in [1.165, 1.54) is 0 Å². The average molecular weight is 1100 g/mol. The maximum absolute atomic E-state index is 15.4. The van der Waals surface area contributed by atoms with Gasteiger partial charge >= 0.3 is 24.1 Å². The van der Waals surface area contributed by atoms with E-state index in [9.17, 15) is 39.5 Å². The quantitative estimate of drug-likeness (QED) is 0.0397. The molecule has 3 aliphatic carbocycles. The molecule has 0 radical (unpaired) electrons. The Morgan fingerprint density at radius 2 is 1.34 bits per heavy atom. The molecule has 0 spiro atoms. The zero-order chi connectivity index (χ0) is 53.4. The van der Waals surface area contributed by atoms with E-state index in [-0.39, 0.29) is 30.0 Å². The second-order valence-corrected chi connectivity index (χ2v) is 23.3. The van der Waals surface area contributed by atoms with E-state index in [1.54, 1.807) is 45.7 Å². The van der Waals surface area contributed by atoms with Crippen molar-refractivity contribution < 1.29 is 85.5 Å². The fourth-order valence-corrected chi connectivity index (χ4v) is 13.2. The van der Waals surface area contributed by atoms with Crippen LogP contribution in [0.5, 0.6) is 5.75 Å². The van der Waals surface area contributed by atoms with Crippen molar-refractivity contribution in [1.29, 1.82) is 0 Å². The molecule has 4 aliphatic rings.